The van der Waals surface area contributed by atoms with Crippen LogP contribution in [-0.4, -0.2) is 56.8 Å². The molecule has 5 nitrogen and oxygen atoms in total. The van der Waals surface area contributed by atoms with Crippen molar-refractivity contribution in [3.63, 3.8) is 0 Å². The highest BCUT2D eigenvalue weighted by Crippen LogP contribution is 2.32. The van der Waals surface area contributed by atoms with E-state index in [0.29, 0.717) is 12.2 Å². The lowest BCUT2D eigenvalue weighted by Gasteiger charge is -2.42. The van der Waals surface area contributed by atoms with Crippen molar-refractivity contribution in [3.8, 4) is 0 Å². The van der Waals surface area contributed by atoms with Crippen LogP contribution >= 0.6 is 0 Å². The van der Waals surface area contributed by atoms with Gasteiger partial charge in [0.15, 0.2) is 0 Å². The normalized spacial score (nSPS) is 26.0. The highest BCUT2D eigenvalue weighted by Gasteiger charge is 2.44. The number of halogens is 3. The summed E-state index contributed by atoms with van der Waals surface area (Å²) in [4.78, 5) is 16.5. The van der Waals surface area contributed by atoms with E-state index in [0.717, 1.165) is 36.8 Å². The number of rotatable bonds is 1. The predicted octanol–water partition coefficient (Wildman–Crippen LogP) is 2.43. The zero-order valence-electron chi connectivity index (χ0n) is 12.5. The zero-order chi connectivity index (χ0) is 16.1. The zero-order valence-corrected chi connectivity index (χ0v) is 12.5. The van der Waals surface area contributed by atoms with Gasteiger partial charge in [0.05, 0.1) is 11.8 Å². The Morgan fingerprint density at radius 2 is 1.86 bits per heavy atom. The largest absolute Gasteiger partial charge is 0.419 e. The summed E-state index contributed by atoms with van der Waals surface area (Å²) in [7, 11) is 0. The predicted molar refractivity (Wildman–Crippen MR) is 73.4 cm³/mol. The summed E-state index contributed by atoms with van der Waals surface area (Å²) in [5.41, 5.74) is -0.894. The number of hydrogen-bond donors (Lipinski definition) is 0. The molecule has 0 saturated carbocycles. The summed E-state index contributed by atoms with van der Waals surface area (Å²) in [6.45, 7) is 5.76. The van der Waals surface area contributed by atoms with Crippen LogP contribution in [0.5, 0.6) is 0 Å². The molecule has 0 spiro atoms. The summed E-state index contributed by atoms with van der Waals surface area (Å²) < 4.78 is 38.7. The van der Waals surface area contributed by atoms with E-state index in [9.17, 15) is 18.0 Å². The van der Waals surface area contributed by atoms with Crippen LogP contribution in [0.2, 0.25) is 0 Å². The summed E-state index contributed by atoms with van der Waals surface area (Å²) in [5.74, 6) is 0. The van der Waals surface area contributed by atoms with E-state index in [2.05, 4.69) is 23.8 Å². The van der Waals surface area contributed by atoms with Gasteiger partial charge in [-0.05, 0) is 26.7 Å². The Morgan fingerprint density at radius 1 is 1.27 bits per heavy atom. The van der Waals surface area contributed by atoms with Gasteiger partial charge in [0.1, 0.15) is 0 Å². The van der Waals surface area contributed by atoms with Gasteiger partial charge < -0.3 is 4.90 Å². The first-order chi connectivity index (χ1) is 10.3. The molecule has 2 aliphatic heterocycles. The molecule has 2 saturated heterocycles. The van der Waals surface area contributed by atoms with Gasteiger partial charge in [-0.2, -0.15) is 23.0 Å². The van der Waals surface area contributed by atoms with Crippen molar-refractivity contribution in [2.24, 2.45) is 0 Å². The van der Waals surface area contributed by atoms with Crippen LogP contribution in [0.4, 0.5) is 18.0 Å². The second-order valence-corrected chi connectivity index (χ2v) is 6.29. The quantitative estimate of drug-likeness (QED) is 0.799. The monoisotopic (exact) mass is 316 g/mol. The molecular formula is C14H19F3N4O. The van der Waals surface area contributed by atoms with Crippen molar-refractivity contribution in [1.82, 2.24) is 19.6 Å². The second-order valence-electron chi connectivity index (χ2n) is 6.29. The highest BCUT2D eigenvalue weighted by molar-refractivity contribution is 5.77. The van der Waals surface area contributed by atoms with E-state index in [1.165, 1.54) is 0 Å². The van der Waals surface area contributed by atoms with Gasteiger partial charge in [-0.3, -0.25) is 4.90 Å². The van der Waals surface area contributed by atoms with Gasteiger partial charge in [0.2, 0.25) is 0 Å². The molecule has 3 rings (SSSR count). The van der Waals surface area contributed by atoms with Crippen molar-refractivity contribution in [2.45, 2.75) is 51.0 Å². The number of carbonyl (C=O) groups excluding carboxylic acids is 1. The number of alkyl halides is 3. The summed E-state index contributed by atoms with van der Waals surface area (Å²) in [6, 6.07) is 0.0765. The van der Waals surface area contributed by atoms with Crippen molar-refractivity contribution >= 4 is 6.03 Å². The van der Waals surface area contributed by atoms with Crippen LogP contribution in [-0.2, 0) is 6.18 Å². The average Bonchev–Trinajstić information content (AvgIpc) is 3.01. The Kier molecular flexibility index (Phi) is 3.66. The van der Waals surface area contributed by atoms with Crippen LogP contribution in [0, 0.1) is 0 Å². The molecule has 2 fully saturated rings. The number of hydrogen-bond acceptors (Lipinski definition) is 3. The Bertz CT molecular complexity index is 555. The van der Waals surface area contributed by atoms with Gasteiger partial charge in [-0.25, -0.2) is 4.79 Å². The maximum Gasteiger partial charge on any atom is 0.419 e. The molecule has 0 aromatic carbocycles. The molecule has 2 unspecified atom stereocenters. The number of carbonyl (C=O) groups is 1. The molecule has 1 amide bonds. The molecule has 22 heavy (non-hydrogen) atoms. The van der Waals surface area contributed by atoms with Crippen LogP contribution in [0.25, 0.3) is 0 Å². The van der Waals surface area contributed by atoms with E-state index in [4.69, 9.17) is 0 Å². The number of likely N-dealkylation sites (tertiary alicyclic amines) is 1. The molecule has 0 aliphatic carbocycles. The van der Waals surface area contributed by atoms with Gasteiger partial charge in [0.25, 0.3) is 0 Å². The smallest absolute Gasteiger partial charge is 0.314 e. The third kappa shape index (κ3) is 2.60. The van der Waals surface area contributed by atoms with Crippen LogP contribution < -0.4 is 0 Å². The first kappa shape index (κ1) is 15.3. The van der Waals surface area contributed by atoms with E-state index in [1.54, 1.807) is 4.90 Å². The molecule has 3 heterocycles. The molecule has 0 N–H and O–H groups in total. The van der Waals surface area contributed by atoms with Gasteiger partial charge in [-0.15, -0.1) is 0 Å². The molecule has 2 bridgehead atoms. The highest BCUT2D eigenvalue weighted by atomic mass is 19.4. The van der Waals surface area contributed by atoms with Crippen molar-refractivity contribution in [3.05, 3.63) is 18.0 Å². The molecule has 1 aromatic heterocycles. The number of amides is 1. The Hall–Kier alpha value is -1.57. The van der Waals surface area contributed by atoms with Crippen LogP contribution in [0.3, 0.4) is 0 Å². The minimum atomic E-state index is -4.48. The molecule has 2 atom stereocenters. The Labute approximate surface area is 126 Å². The fourth-order valence-electron chi connectivity index (χ4n) is 3.36. The number of piperazine rings is 1. The average molecular weight is 316 g/mol. The van der Waals surface area contributed by atoms with Crippen molar-refractivity contribution in [2.75, 3.05) is 13.1 Å². The summed E-state index contributed by atoms with van der Waals surface area (Å²) >= 11 is 0. The summed E-state index contributed by atoms with van der Waals surface area (Å²) in [6.07, 6.45) is -1.21. The number of fused-ring (bicyclic) bond motifs is 2. The standard InChI is InChI=1S/C14H19F3N4O/c1-9(2)19-7-11-3-4-12(8-19)21(11)13(22)20-6-10(5-18-20)14(15,16)17/h5-6,9,11-12H,3-4,7-8H2,1-2H3. The van der Waals surface area contributed by atoms with Gasteiger partial charge in [0, 0.05) is 37.4 Å². The lowest BCUT2D eigenvalue weighted by molar-refractivity contribution is -0.137. The SMILES string of the molecule is CC(C)N1CC2CCC(C1)N2C(=O)n1cc(C(F)(F)F)cn1. The molecule has 122 valence electrons. The third-order valence-corrected chi connectivity index (χ3v) is 4.57. The molecule has 8 heteroatoms. The fraction of sp³-hybridized carbons (Fsp3) is 0.714. The Balaban J connectivity index is 1.78. The van der Waals surface area contributed by atoms with Crippen molar-refractivity contribution in [1.29, 1.82) is 0 Å². The lowest BCUT2D eigenvalue weighted by atomic mass is 10.1. The maximum atomic E-state index is 12.6. The minimum absolute atomic E-state index is 0.0622. The Morgan fingerprint density at radius 3 is 2.32 bits per heavy atom. The summed E-state index contributed by atoms with van der Waals surface area (Å²) in [5, 5.41) is 3.60. The maximum absolute atomic E-state index is 12.6. The third-order valence-electron chi connectivity index (χ3n) is 4.57. The molecular weight excluding hydrogens is 297 g/mol. The van der Waals surface area contributed by atoms with E-state index >= 15 is 0 Å². The van der Waals surface area contributed by atoms with Crippen LogP contribution in [0.1, 0.15) is 32.3 Å². The van der Waals surface area contributed by atoms with Gasteiger partial charge in [-0.1, -0.05) is 0 Å². The lowest BCUT2D eigenvalue weighted by Crippen LogP contribution is -2.58. The van der Waals surface area contributed by atoms with E-state index in [1.807, 2.05) is 0 Å². The molecule has 1 aromatic rings. The topological polar surface area (TPSA) is 41.4 Å². The van der Waals surface area contributed by atoms with Crippen LogP contribution in [0.15, 0.2) is 12.4 Å². The van der Waals surface area contributed by atoms with Gasteiger partial charge >= 0.3 is 12.2 Å². The van der Waals surface area contributed by atoms with Crippen molar-refractivity contribution < 1.29 is 18.0 Å². The first-order valence-electron chi connectivity index (χ1n) is 7.46. The van der Waals surface area contributed by atoms with E-state index < -0.39 is 17.8 Å². The molecule has 0 radical (unpaired) electrons. The fourth-order valence-corrected chi connectivity index (χ4v) is 3.36. The number of nitrogens with zero attached hydrogens (tertiary/aromatic N) is 4. The van der Waals surface area contributed by atoms with E-state index in [-0.39, 0.29) is 12.1 Å². The second kappa shape index (κ2) is 5.26. The number of aromatic nitrogens is 2. The first-order valence-corrected chi connectivity index (χ1v) is 7.46. The minimum Gasteiger partial charge on any atom is -0.314 e. The molecule has 2 aliphatic rings.